The lowest BCUT2D eigenvalue weighted by atomic mass is 10.0. The van der Waals surface area contributed by atoms with E-state index in [4.69, 9.17) is 15.1 Å². The summed E-state index contributed by atoms with van der Waals surface area (Å²) in [5.74, 6) is -86.0. The highest BCUT2D eigenvalue weighted by Crippen LogP contribution is 2.40. The Kier molecular flexibility index (Phi) is 33.7. The van der Waals surface area contributed by atoms with Crippen LogP contribution in [0.2, 0.25) is 58.9 Å². The molecular formula is C57H31BF36O3Si3. The Hall–Kier alpha value is -8.16. The van der Waals surface area contributed by atoms with Crippen LogP contribution in [0, 0.1) is 209 Å². The van der Waals surface area contributed by atoms with Crippen LogP contribution in [0.3, 0.4) is 0 Å². The molecule has 0 unspecified atom stereocenters. The minimum atomic E-state index is -2.92. The second kappa shape index (κ2) is 37.5. The van der Waals surface area contributed by atoms with Crippen LogP contribution in [0.25, 0.3) is 44.5 Å². The molecule has 0 bridgehead atoms. The lowest BCUT2D eigenvalue weighted by Crippen LogP contribution is -2.56. The monoisotopic (exact) mass is 1540 g/mol. The zero-order valence-electron chi connectivity index (χ0n) is 50.2. The third-order valence-electron chi connectivity index (χ3n) is 10.3. The Morgan fingerprint density at radius 2 is 0.250 bits per heavy atom. The highest BCUT2D eigenvalue weighted by atomic mass is 28.3. The van der Waals surface area contributed by atoms with Gasteiger partial charge in [-0.1, -0.05) is 0 Å². The molecule has 43 heteroatoms. The van der Waals surface area contributed by atoms with Crippen molar-refractivity contribution in [2.24, 2.45) is 0 Å². The van der Waals surface area contributed by atoms with Gasteiger partial charge < -0.3 is 15.1 Å². The second-order valence-corrected chi connectivity index (χ2v) is 29.0. The summed E-state index contributed by atoms with van der Waals surface area (Å²) in [6.45, 7) is 20.4. The molecule has 0 saturated carbocycles. The minimum absolute atomic E-state index is 0.120. The van der Waals surface area contributed by atoms with Gasteiger partial charge in [0.05, 0.1) is 81.2 Å². The predicted molar refractivity (Wildman–Crippen MR) is 282 cm³/mol. The minimum Gasteiger partial charge on any atom is -0.907 e. The van der Waals surface area contributed by atoms with Crippen molar-refractivity contribution in [2.45, 2.75) is 58.9 Å². The quantitative estimate of drug-likeness (QED) is 0.0763. The second-order valence-electron chi connectivity index (χ2n) is 20.0. The van der Waals surface area contributed by atoms with Gasteiger partial charge in [0.2, 0.25) is 23.3 Å². The van der Waals surface area contributed by atoms with Crippen molar-refractivity contribution in [1.29, 1.82) is 0 Å². The summed E-state index contributed by atoms with van der Waals surface area (Å²) in [6.07, 6.45) is 0. The molecule has 8 aromatic carbocycles. The van der Waals surface area contributed by atoms with Crippen molar-refractivity contribution in [2.75, 3.05) is 0 Å². The largest absolute Gasteiger partial charge is 0.907 e. The number of rotatable bonds is 4. The molecule has 100 heavy (non-hydrogen) atoms. The summed E-state index contributed by atoms with van der Waals surface area (Å²) >= 11 is 0. The highest BCUT2D eigenvalue weighted by molar-refractivity contribution is 6.54. The van der Waals surface area contributed by atoms with Crippen LogP contribution in [0.4, 0.5) is 158 Å². The van der Waals surface area contributed by atoms with E-state index >= 15 is 0 Å². The van der Waals surface area contributed by atoms with Crippen LogP contribution in [-0.2, 0) is 0 Å². The molecular weight excluding hydrogens is 1510 g/mol. The van der Waals surface area contributed by atoms with Crippen molar-refractivity contribution >= 4 is 33.7 Å². The van der Waals surface area contributed by atoms with Crippen molar-refractivity contribution in [3.8, 4) is 44.5 Å². The van der Waals surface area contributed by atoms with Gasteiger partial charge in [0.25, 0.3) is 0 Å². The Balaban J connectivity index is 0.000000619. The van der Waals surface area contributed by atoms with E-state index in [-0.39, 0.29) is 50.7 Å². The van der Waals surface area contributed by atoms with Gasteiger partial charge in [-0.3, -0.25) is 7.32 Å². The van der Waals surface area contributed by atoms with E-state index in [1.54, 1.807) is 0 Å². The van der Waals surface area contributed by atoms with Gasteiger partial charge >= 0.3 is 26.4 Å². The summed E-state index contributed by atoms with van der Waals surface area (Å²) in [4.78, 5) is 0. The maximum absolute atomic E-state index is 13.4. The summed E-state index contributed by atoms with van der Waals surface area (Å²) in [5, 5.41) is 25.2. The third kappa shape index (κ3) is 21.0. The van der Waals surface area contributed by atoms with E-state index in [0.29, 0.717) is 0 Å². The molecule has 0 fully saturated rings. The molecule has 0 N–H and O–H groups in total. The van der Waals surface area contributed by atoms with Gasteiger partial charge in [0.1, 0.15) is 0 Å². The average Bonchev–Trinajstić information content (AvgIpc) is 0.784. The van der Waals surface area contributed by atoms with Gasteiger partial charge in [-0.05, 0) is 24.3 Å². The molecule has 544 valence electrons. The topological polar surface area (TPSA) is 69.2 Å². The van der Waals surface area contributed by atoms with E-state index in [2.05, 4.69) is 58.9 Å². The molecule has 0 atom stereocenters. The fourth-order valence-electron chi connectivity index (χ4n) is 6.38. The van der Waals surface area contributed by atoms with Crippen LogP contribution in [-0.4, -0.2) is 33.7 Å². The standard InChI is InChI=1S/4C12HF9.3C3H9Si.BO3/c4*13-3-1-2(5(14)9(18)6(3)15)4-7(16)10(19)12(21)11(20)8(4)17;3*1-4(2)3;2-1(3)4/h4*1H;3*1-3H3;/q;;;;3*+1;-3. The molecule has 0 heterocycles. The van der Waals surface area contributed by atoms with Crippen LogP contribution in [0.15, 0.2) is 24.3 Å². The molecule has 0 radical (unpaired) electrons. The number of hydrogen-bond acceptors (Lipinski definition) is 3. The zero-order valence-corrected chi connectivity index (χ0v) is 53.2. The third-order valence-corrected chi connectivity index (χ3v) is 10.3. The summed E-state index contributed by atoms with van der Waals surface area (Å²) in [7, 11) is -2.56. The van der Waals surface area contributed by atoms with Gasteiger partial charge in [-0.15, -0.1) is 0 Å². The first-order valence-electron chi connectivity index (χ1n) is 25.3. The van der Waals surface area contributed by atoms with E-state index in [0.717, 1.165) is 0 Å². The molecule has 0 spiro atoms. The SMILES string of the molecule is C[Si+](C)C.C[Si+](C)C.C[Si+](C)C.Fc1cc(-c2c(F)c(F)c(F)c(F)c2F)c(F)c(F)c1F.Fc1cc(-c2c(F)c(F)c(F)c(F)c2F)c(F)c(F)c1F.Fc1cc(-c2c(F)c(F)c(F)c(F)c2F)c(F)c(F)c1F.Fc1cc(-c2c(F)c(F)c(F)c(F)c2F)c(F)c(F)c1F.[O-]B([O-])[O-]. The first kappa shape index (κ1) is 89.8. The van der Waals surface area contributed by atoms with Crippen LogP contribution in [0.5, 0.6) is 0 Å². The fourth-order valence-corrected chi connectivity index (χ4v) is 6.38. The normalized spacial score (nSPS) is 10.4. The highest BCUT2D eigenvalue weighted by Gasteiger charge is 2.36. The average molecular weight is 1540 g/mol. The maximum atomic E-state index is 13.4. The van der Waals surface area contributed by atoms with E-state index in [1.807, 2.05) is 0 Å². The molecule has 0 aliphatic rings. The first-order valence-corrected chi connectivity index (χ1v) is 34.3. The fraction of sp³-hybridized carbons (Fsp3) is 0.158. The number of benzene rings is 8. The van der Waals surface area contributed by atoms with Crippen molar-refractivity contribution < 1.29 is 173 Å². The van der Waals surface area contributed by atoms with Crippen molar-refractivity contribution in [3.05, 3.63) is 234 Å². The molecule has 3 nitrogen and oxygen atoms in total. The Morgan fingerprint density at radius 1 is 0.170 bits per heavy atom. The van der Waals surface area contributed by atoms with Gasteiger partial charge in [0, 0.05) is 22.3 Å². The summed E-state index contributed by atoms with van der Waals surface area (Å²) in [6, 6.07) is -0.865. The Labute approximate surface area is 542 Å². The smallest absolute Gasteiger partial charge is 0.304 e. The van der Waals surface area contributed by atoms with Crippen LogP contribution >= 0.6 is 0 Å². The molecule has 0 aromatic heterocycles. The molecule has 0 aliphatic carbocycles. The van der Waals surface area contributed by atoms with Crippen molar-refractivity contribution in [1.82, 2.24) is 0 Å². The van der Waals surface area contributed by atoms with Gasteiger partial charge in [-0.2, -0.15) is 0 Å². The number of halogens is 36. The van der Waals surface area contributed by atoms with Crippen LogP contribution in [0.1, 0.15) is 0 Å². The van der Waals surface area contributed by atoms with E-state index in [9.17, 15) is 158 Å². The van der Waals surface area contributed by atoms with E-state index < -0.39 is 261 Å². The molecule has 8 aromatic rings. The van der Waals surface area contributed by atoms with Gasteiger partial charge in [-0.25, -0.2) is 158 Å². The molecule has 0 saturated heterocycles. The summed E-state index contributed by atoms with van der Waals surface area (Å²) < 4.78 is 470. The molecule has 0 amide bonds. The zero-order chi connectivity index (χ0) is 78.5. The van der Waals surface area contributed by atoms with E-state index in [1.165, 1.54) is 0 Å². The van der Waals surface area contributed by atoms with Crippen LogP contribution < -0.4 is 15.1 Å². The van der Waals surface area contributed by atoms with Gasteiger partial charge in [0.15, 0.2) is 186 Å². The first-order chi connectivity index (χ1) is 45.6. The van der Waals surface area contributed by atoms with Crippen molar-refractivity contribution in [3.63, 3.8) is 0 Å². The lowest BCUT2D eigenvalue weighted by Gasteiger charge is -2.35. The molecule has 0 aliphatic heterocycles. The summed E-state index contributed by atoms with van der Waals surface area (Å²) in [5.41, 5.74) is -14.2. The Bertz CT molecular complexity index is 3640. The molecule has 8 rings (SSSR count). The lowest BCUT2D eigenvalue weighted by molar-refractivity contribution is -0.479. The predicted octanol–water partition coefficient (Wildman–Crippen LogP) is 18.6. The number of hydrogen-bond donors (Lipinski definition) is 0. The Morgan fingerprint density at radius 3 is 0.350 bits per heavy atom. The maximum Gasteiger partial charge on any atom is 0.304 e.